The maximum atomic E-state index is 5.45. The van der Waals surface area contributed by atoms with Gasteiger partial charge >= 0.3 is 0 Å². The van der Waals surface area contributed by atoms with Crippen molar-refractivity contribution < 1.29 is 4.74 Å². The fourth-order valence-corrected chi connectivity index (χ4v) is 2.47. The van der Waals surface area contributed by atoms with Crippen LogP contribution in [-0.4, -0.2) is 20.2 Å². The highest BCUT2D eigenvalue weighted by Crippen LogP contribution is 2.27. The van der Waals surface area contributed by atoms with Crippen LogP contribution in [0.1, 0.15) is 30.0 Å². The molecule has 1 aromatic carbocycles. The highest BCUT2D eigenvalue weighted by molar-refractivity contribution is 5.44. The predicted octanol–water partition coefficient (Wildman–Crippen LogP) is 1.84. The van der Waals surface area contributed by atoms with Crippen molar-refractivity contribution in [1.29, 1.82) is 0 Å². The van der Waals surface area contributed by atoms with Crippen LogP contribution in [0.5, 0.6) is 5.75 Å². The van der Waals surface area contributed by atoms with Crippen LogP contribution in [0.25, 0.3) is 0 Å². The third kappa shape index (κ3) is 2.61. The number of ether oxygens (including phenoxy) is 1. The fraction of sp³-hybridized carbons (Fsp3) is 0.571. The third-order valence-corrected chi connectivity index (χ3v) is 3.51. The molecule has 0 aliphatic carbocycles. The smallest absolute Gasteiger partial charge is 0.123 e. The van der Waals surface area contributed by atoms with Crippen molar-refractivity contribution in [2.75, 3.05) is 14.2 Å². The number of benzene rings is 1. The van der Waals surface area contributed by atoms with E-state index in [1.165, 1.54) is 23.1 Å². The molecule has 2 N–H and O–H groups in total. The van der Waals surface area contributed by atoms with Gasteiger partial charge in [-0.15, -0.1) is 0 Å². The Hall–Kier alpha value is -1.06. The summed E-state index contributed by atoms with van der Waals surface area (Å²) >= 11 is 0. The van der Waals surface area contributed by atoms with Crippen LogP contribution in [0.15, 0.2) is 12.1 Å². The minimum absolute atomic E-state index is 0.623. The van der Waals surface area contributed by atoms with Gasteiger partial charge in [-0.25, -0.2) is 0 Å². The van der Waals surface area contributed by atoms with Crippen molar-refractivity contribution in [2.24, 2.45) is 0 Å². The van der Waals surface area contributed by atoms with Crippen molar-refractivity contribution in [3.05, 3.63) is 28.8 Å². The van der Waals surface area contributed by atoms with Gasteiger partial charge in [0.05, 0.1) is 7.11 Å². The number of methoxy groups -OCH3 is 1. The first-order valence-electron chi connectivity index (χ1n) is 6.35. The molecule has 1 unspecified atom stereocenters. The first kappa shape index (κ1) is 12.4. The van der Waals surface area contributed by atoms with Crippen molar-refractivity contribution in [1.82, 2.24) is 10.6 Å². The molecular formula is C14H22N2O. The molecule has 1 aliphatic heterocycles. The second kappa shape index (κ2) is 5.52. The van der Waals surface area contributed by atoms with E-state index >= 15 is 0 Å². The fourth-order valence-electron chi connectivity index (χ4n) is 2.47. The van der Waals surface area contributed by atoms with Gasteiger partial charge in [0, 0.05) is 24.7 Å². The summed E-state index contributed by atoms with van der Waals surface area (Å²) in [5, 5.41) is 6.75. The lowest BCUT2D eigenvalue weighted by Crippen LogP contribution is -2.35. The van der Waals surface area contributed by atoms with E-state index in [0.717, 1.165) is 25.3 Å². The number of hydrogen-bond acceptors (Lipinski definition) is 3. The average Bonchev–Trinajstić information content (AvgIpc) is 2.37. The van der Waals surface area contributed by atoms with E-state index in [0.29, 0.717) is 6.04 Å². The minimum Gasteiger partial charge on any atom is -0.496 e. The zero-order valence-corrected chi connectivity index (χ0v) is 11.0. The summed E-state index contributed by atoms with van der Waals surface area (Å²) in [4.78, 5) is 0. The molecule has 1 atom stereocenters. The van der Waals surface area contributed by atoms with Crippen LogP contribution in [0.3, 0.4) is 0 Å². The molecule has 0 saturated carbocycles. The Bertz CT molecular complexity index is 390. The molecule has 3 nitrogen and oxygen atoms in total. The molecule has 1 heterocycles. The van der Waals surface area contributed by atoms with Gasteiger partial charge in [-0.3, -0.25) is 0 Å². The largest absolute Gasteiger partial charge is 0.496 e. The van der Waals surface area contributed by atoms with Gasteiger partial charge in [0.1, 0.15) is 5.75 Å². The lowest BCUT2D eigenvalue weighted by molar-refractivity contribution is 0.404. The Morgan fingerprint density at radius 2 is 2.24 bits per heavy atom. The Morgan fingerprint density at radius 1 is 1.41 bits per heavy atom. The molecule has 0 spiro atoms. The van der Waals surface area contributed by atoms with Gasteiger partial charge in [0.2, 0.25) is 0 Å². The first-order valence-corrected chi connectivity index (χ1v) is 6.35. The number of hydrogen-bond donors (Lipinski definition) is 2. The van der Waals surface area contributed by atoms with Gasteiger partial charge in [0.15, 0.2) is 0 Å². The van der Waals surface area contributed by atoms with E-state index < -0.39 is 0 Å². The molecule has 1 aliphatic rings. The first-order chi connectivity index (χ1) is 8.28. The van der Waals surface area contributed by atoms with E-state index in [4.69, 9.17) is 4.74 Å². The van der Waals surface area contributed by atoms with Crippen molar-refractivity contribution in [2.45, 2.75) is 38.9 Å². The third-order valence-electron chi connectivity index (χ3n) is 3.51. The number of nitrogens with one attached hydrogen (secondary N) is 2. The molecule has 0 aromatic heterocycles. The molecular weight excluding hydrogens is 212 g/mol. The Morgan fingerprint density at radius 3 is 2.88 bits per heavy atom. The van der Waals surface area contributed by atoms with E-state index in [1.54, 1.807) is 7.11 Å². The maximum absolute atomic E-state index is 5.45. The van der Waals surface area contributed by atoms with Crippen molar-refractivity contribution in [3.63, 3.8) is 0 Å². The summed E-state index contributed by atoms with van der Waals surface area (Å²) in [5.41, 5.74) is 4.11. The van der Waals surface area contributed by atoms with Crippen molar-refractivity contribution >= 4 is 0 Å². The lowest BCUT2D eigenvalue weighted by atomic mass is 9.92. The highest BCUT2D eigenvalue weighted by atomic mass is 16.5. The second-order valence-electron chi connectivity index (χ2n) is 4.65. The number of rotatable bonds is 4. The summed E-state index contributed by atoms with van der Waals surface area (Å²) in [6.07, 6.45) is 2.32. The molecule has 17 heavy (non-hydrogen) atoms. The van der Waals surface area contributed by atoms with Crippen molar-refractivity contribution in [3.8, 4) is 5.75 Å². The second-order valence-corrected chi connectivity index (χ2v) is 4.65. The molecule has 2 rings (SSSR count). The number of fused-ring (bicyclic) bond motifs is 1. The molecule has 1 aromatic rings. The minimum atomic E-state index is 0.623. The average molecular weight is 234 g/mol. The van der Waals surface area contributed by atoms with Gasteiger partial charge in [-0.2, -0.15) is 0 Å². The molecule has 0 bridgehead atoms. The van der Waals surface area contributed by atoms with Gasteiger partial charge in [-0.05, 0) is 37.1 Å². The standard InChI is InChI=1S/C14H22N2O/c1-4-13-6-10-5-12(8-15-2)14(17-3)7-11(10)9-16-13/h5,7,13,15-16H,4,6,8-9H2,1-3H3. The van der Waals surface area contributed by atoms with Crippen LogP contribution in [0.4, 0.5) is 0 Å². The normalized spacial score (nSPS) is 18.9. The van der Waals surface area contributed by atoms with Gasteiger partial charge in [0.25, 0.3) is 0 Å². The molecule has 0 radical (unpaired) electrons. The summed E-state index contributed by atoms with van der Waals surface area (Å²) in [7, 11) is 3.71. The molecule has 0 fully saturated rings. The Balaban J connectivity index is 2.31. The summed E-state index contributed by atoms with van der Waals surface area (Å²) in [6, 6.07) is 5.10. The van der Waals surface area contributed by atoms with Gasteiger partial charge in [-0.1, -0.05) is 13.0 Å². The predicted molar refractivity (Wildman–Crippen MR) is 70.4 cm³/mol. The quantitative estimate of drug-likeness (QED) is 0.834. The van der Waals surface area contributed by atoms with Crippen LogP contribution < -0.4 is 15.4 Å². The highest BCUT2D eigenvalue weighted by Gasteiger charge is 2.18. The topological polar surface area (TPSA) is 33.3 Å². The van der Waals surface area contributed by atoms with Crippen LogP contribution >= 0.6 is 0 Å². The summed E-state index contributed by atoms with van der Waals surface area (Å²) < 4.78 is 5.45. The van der Waals surface area contributed by atoms with E-state index in [9.17, 15) is 0 Å². The van der Waals surface area contributed by atoms with Crippen LogP contribution in [0.2, 0.25) is 0 Å². The lowest BCUT2D eigenvalue weighted by Gasteiger charge is -2.26. The van der Waals surface area contributed by atoms with Crippen LogP contribution in [0, 0.1) is 0 Å². The van der Waals surface area contributed by atoms with Gasteiger partial charge < -0.3 is 15.4 Å². The zero-order valence-electron chi connectivity index (χ0n) is 11.0. The summed E-state index contributed by atoms with van der Waals surface area (Å²) in [6.45, 7) is 4.06. The van der Waals surface area contributed by atoms with E-state index in [1.807, 2.05) is 7.05 Å². The molecule has 0 amide bonds. The SMILES string of the molecule is CCC1Cc2cc(CNC)c(OC)cc2CN1. The molecule has 0 saturated heterocycles. The molecule has 3 heteroatoms. The summed E-state index contributed by atoms with van der Waals surface area (Å²) in [5.74, 6) is 0.995. The van der Waals surface area contributed by atoms with E-state index in [2.05, 4.69) is 29.7 Å². The maximum Gasteiger partial charge on any atom is 0.123 e. The Labute approximate surface area is 104 Å². The molecule has 94 valence electrons. The zero-order chi connectivity index (χ0) is 12.3. The van der Waals surface area contributed by atoms with E-state index in [-0.39, 0.29) is 0 Å². The Kier molecular flexibility index (Phi) is 4.02. The monoisotopic (exact) mass is 234 g/mol. The van der Waals surface area contributed by atoms with Crippen LogP contribution in [-0.2, 0) is 19.5 Å².